The number of H-pyrrole nitrogens is 1. The Kier molecular flexibility index (Phi) is 4.92. The predicted octanol–water partition coefficient (Wildman–Crippen LogP) is 2.93. The first-order valence-corrected chi connectivity index (χ1v) is 7.99. The van der Waals surface area contributed by atoms with E-state index in [4.69, 9.17) is 5.73 Å². The van der Waals surface area contributed by atoms with Crippen LogP contribution in [0.3, 0.4) is 0 Å². The Balaban J connectivity index is 1.78. The number of nitrogens with one attached hydrogen (secondary N) is 3. The zero-order chi connectivity index (χ0) is 18.7. The second-order valence-corrected chi connectivity index (χ2v) is 5.63. The van der Waals surface area contributed by atoms with Crippen molar-refractivity contribution in [3.8, 4) is 0 Å². The molecule has 0 saturated carbocycles. The van der Waals surface area contributed by atoms with Gasteiger partial charge in [0.05, 0.1) is 6.04 Å². The Morgan fingerprint density at radius 1 is 1.15 bits per heavy atom. The molecular weight excluding hydrogens is 342 g/mol. The third-order valence-electron chi connectivity index (χ3n) is 3.68. The molecular formula is C16H18F2N8. The van der Waals surface area contributed by atoms with Gasteiger partial charge in [-0.3, -0.25) is 5.10 Å². The molecule has 0 saturated heterocycles. The summed E-state index contributed by atoms with van der Waals surface area (Å²) in [5.74, 6) is -0.420. The van der Waals surface area contributed by atoms with Crippen molar-refractivity contribution >= 4 is 23.7 Å². The van der Waals surface area contributed by atoms with Crippen molar-refractivity contribution in [3.63, 3.8) is 0 Å². The molecule has 1 unspecified atom stereocenters. The highest BCUT2D eigenvalue weighted by atomic mass is 19.1. The van der Waals surface area contributed by atoms with Gasteiger partial charge in [0.25, 0.3) is 0 Å². The zero-order valence-corrected chi connectivity index (χ0v) is 14.2. The fourth-order valence-corrected chi connectivity index (χ4v) is 2.36. The number of nitrogens with two attached hydrogens (primary N) is 1. The molecule has 3 rings (SSSR count). The van der Waals surface area contributed by atoms with E-state index in [0.717, 1.165) is 18.2 Å². The van der Waals surface area contributed by atoms with Crippen molar-refractivity contribution in [2.45, 2.75) is 26.3 Å². The molecule has 136 valence electrons. The average molecular weight is 360 g/mol. The first-order chi connectivity index (χ1) is 12.4. The van der Waals surface area contributed by atoms with Crippen LogP contribution in [-0.4, -0.2) is 25.1 Å². The summed E-state index contributed by atoms with van der Waals surface area (Å²) in [4.78, 5) is 12.2. The van der Waals surface area contributed by atoms with E-state index in [1.807, 2.05) is 13.0 Å². The lowest BCUT2D eigenvalue weighted by Gasteiger charge is -2.15. The van der Waals surface area contributed by atoms with E-state index in [9.17, 15) is 8.78 Å². The molecule has 0 aliphatic carbocycles. The molecule has 0 bridgehead atoms. The Morgan fingerprint density at radius 3 is 2.62 bits per heavy atom. The fraction of sp³-hybridized carbons (Fsp3) is 0.250. The zero-order valence-electron chi connectivity index (χ0n) is 14.2. The SMILES string of the molecule is CCc1cc(Nc2nc(N)nc(NC(C)c3ccc(F)cc3F)n2)n[nH]1. The highest BCUT2D eigenvalue weighted by molar-refractivity contribution is 5.51. The van der Waals surface area contributed by atoms with Gasteiger partial charge in [0, 0.05) is 23.4 Å². The van der Waals surface area contributed by atoms with Gasteiger partial charge in [0.15, 0.2) is 5.82 Å². The molecule has 3 aromatic rings. The van der Waals surface area contributed by atoms with E-state index in [1.165, 1.54) is 12.1 Å². The summed E-state index contributed by atoms with van der Waals surface area (Å²) >= 11 is 0. The maximum Gasteiger partial charge on any atom is 0.235 e. The molecule has 5 N–H and O–H groups in total. The van der Waals surface area contributed by atoms with Crippen LogP contribution in [0.4, 0.5) is 32.4 Å². The van der Waals surface area contributed by atoms with Crippen LogP contribution in [0.5, 0.6) is 0 Å². The molecule has 0 amide bonds. The van der Waals surface area contributed by atoms with Crippen LogP contribution >= 0.6 is 0 Å². The molecule has 1 aromatic carbocycles. The van der Waals surface area contributed by atoms with Crippen LogP contribution in [0, 0.1) is 11.6 Å². The van der Waals surface area contributed by atoms with E-state index in [2.05, 4.69) is 35.8 Å². The number of hydrogen-bond acceptors (Lipinski definition) is 7. The van der Waals surface area contributed by atoms with Crippen LogP contribution in [0.25, 0.3) is 0 Å². The third-order valence-corrected chi connectivity index (χ3v) is 3.68. The van der Waals surface area contributed by atoms with Gasteiger partial charge in [-0.25, -0.2) is 8.78 Å². The lowest BCUT2D eigenvalue weighted by atomic mass is 10.1. The van der Waals surface area contributed by atoms with E-state index >= 15 is 0 Å². The number of halogens is 2. The van der Waals surface area contributed by atoms with Crippen molar-refractivity contribution in [2.75, 3.05) is 16.4 Å². The van der Waals surface area contributed by atoms with Crippen molar-refractivity contribution in [1.82, 2.24) is 25.1 Å². The Bertz CT molecular complexity index is 911. The highest BCUT2D eigenvalue weighted by Crippen LogP contribution is 2.22. The molecule has 26 heavy (non-hydrogen) atoms. The number of aromatic nitrogens is 5. The Hall–Kier alpha value is -3.30. The number of aryl methyl sites for hydroxylation is 1. The van der Waals surface area contributed by atoms with Crippen LogP contribution in [0.1, 0.15) is 31.1 Å². The second-order valence-electron chi connectivity index (χ2n) is 5.63. The molecule has 2 aromatic heterocycles. The maximum absolute atomic E-state index is 13.9. The van der Waals surface area contributed by atoms with Gasteiger partial charge in [-0.05, 0) is 19.4 Å². The van der Waals surface area contributed by atoms with Gasteiger partial charge in [-0.15, -0.1) is 0 Å². The Labute approximate surface area is 148 Å². The minimum atomic E-state index is -0.658. The van der Waals surface area contributed by atoms with Gasteiger partial charge in [-0.1, -0.05) is 13.0 Å². The molecule has 0 spiro atoms. The minimum Gasteiger partial charge on any atom is -0.368 e. The standard InChI is InChI=1S/C16H18F2N8/c1-3-10-7-13(26-25-10)21-16-23-14(19)22-15(24-16)20-8(2)11-5-4-9(17)6-12(11)18/h4-8H,3H2,1-2H3,(H5,19,20,21,22,23,24,25,26). The first-order valence-electron chi connectivity index (χ1n) is 7.99. The second kappa shape index (κ2) is 7.30. The van der Waals surface area contributed by atoms with Crippen molar-refractivity contribution in [2.24, 2.45) is 0 Å². The number of nitrogens with zero attached hydrogens (tertiary/aromatic N) is 4. The first kappa shape index (κ1) is 17.5. The molecule has 2 heterocycles. The summed E-state index contributed by atoms with van der Waals surface area (Å²) in [7, 11) is 0. The monoisotopic (exact) mass is 360 g/mol. The van der Waals surface area contributed by atoms with E-state index in [1.54, 1.807) is 6.92 Å². The summed E-state index contributed by atoms with van der Waals surface area (Å²) < 4.78 is 27.0. The third kappa shape index (κ3) is 4.02. The summed E-state index contributed by atoms with van der Waals surface area (Å²) in [6, 6.07) is 4.69. The smallest absolute Gasteiger partial charge is 0.235 e. The van der Waals surface area contributed by atoms with Crippen molar-refractivity contribution < 1.29 is 8.78 Å². The number of aromatic amines is 1. The summed E-state index contributed by atoms with van der Waals surface area (Å²) in [5.41, 5.74) is 6.94. The number of rotatable bonds is 6. The van der Waals surface area contributed by atoms with E-state index < -0.39 is 17.7 Å². The Morgan fingerprint density at radius 2 is 1.92 bits per heavy atom. The topological polar surface area (TPSA) is 117 Å². The molecule has 8 nitrogen and oxygen atoms in total. The van der Waals surface area contributed by atoms with Gasteiger partial charge in [0.2, 0.25) is 17.8 Å². The minimum absolute atomic E-state index is 0.0111. The van der Waals surface area contributed by atoms with Gasteiger partial charge >= 0.3 is 0 Å². The summed E-state index contributed by atoms with van der Waals surface area (Å²) in [6.45, 7) is 3.70. The maximum atomic E-state index is 13.9. The molecule has 10 heteroatoms. The van der Waals surface area contributed by atoms with Crippen LogP contribution in [0.15, 0.2) is 24.3 Å². The number of benzene rings is 1. The largest absolute Gasteiger partial charge is 0.368 e. The van der Waals surface area contributed by atoms with E-state index in [-0.39, 0.29) is 23.4 Å². The van der Waals surface area contributed by atoms with E-state index in [0.29, 0.717) is 5.82 Å². The molecule has 0 aliphatic rings. The van der Waals surface area contributed by atoms with Crippen LogP contribution in [-0.2, 0) is 6.42 Å². The molecule has 0 aliphatic heterocycles. The highest BCUT2D eigenvalue weighted by Gasteiger charge is 2.14. The van der Waals surface area contributed by atoms with Crippen LogP contribution in [0.2, 0.25) is 0 Å². The van der Waals surface area contributed by atoms with Gasteiger partial charge in [0.1, 0.15) is 11.6 Å². The predicted molar refractivity (Wildman–Crippen MR) is 93.9 cm³/mol. The fourth-order valence-electron chi connectivity index (χ4n) is 2.36. The number of anilines is 4. The van der Waals surface area contributed by atoms with Crippen molar-refractivity contribution in [1.29, 1.82) is 0 Å². The number of nitrogen functional groups attached to an aromatic ring is 1. The lowest BCUT2D eigenvalue weighted by molar-refractivity contribution is 0.566. The molecule has 1 atom stereocenters. The normalized spacial score (nSPS) is 12.0. The van der Waals surface area contributed by atoms with Crippen LogP contribution < -0.4 is 16.4 Å². The molecule has 0 radical (unpaired) electrons. The average Bonchev–Trinajstić information content (AvgIpc) is 3.01. The quantitative estimate of drug-likeness (QED) is 0.534. The van der Waals surface area contributed by atoms with Gasteiger partial charge in [-0.2, -0.15) is 20.1 Å². The van der Waals surface area contributed by atoms with Gasteiger partial charge < -0.3 is 16.4 Å². The number of hydrogen-bond donors (Lipinski definition) is 4. The summed E-state index contributed by atoms with van der Waals surface area (Å²) in [5, 5.41) is 12.8. The lowest BCUT2D eigenvalue weighted by Crippen LogP contribution is -2.14. The summed E-state index contributed by atoms with van der Waals surface area (Å²) in [6.07, 6.45) is 0.807. The molecule has 0 fully saturated rings. The van der Waals surface area contributed by atoms with Crippen molar-refractivity contribution in [3.05, 3.63) is 47.2 Å².